The summed E-state index contributed by atoms with van der Waals surface area (Å²) in [5, 5.41) is 0. The minimum atomic E-state index is 1.07. The Kier molecular flexibility index (Phi) is 3.70. The number of allylic oxidation sites excluding steroid dienone is 1. The molecule has 0 radical (unpaired) electrons. The molecule has 0 saturated carbocycles. The molecule has 1 aromatic carbocycles. The number of hydrogen-bond donors (Lipinski definition) is 0. The third-order valence-electron chi connectivity index (χ3n) is 2.43. The maximum Gasteiger partial charge on any atom is -0.0195 e. The Morgan fingerprint density at radius 3 is 2.71 bits per heavy atom. The largest absolute Gasteiger partial charge is 0.0985 e. The summed E-state index contributed by atoms with van der Waals surface area (Å²) in [6, 6.07) is 6.39. The highest BCUT2D eigenvalue weighted by Gasteiger charge is 2.02. The van der Waals surface area contributed by atoms with Crippen LogP contribution in [0.15, 0.2) is 31.4 Å². The average Bonchev–Trinajstić information content (AvgIpc) is 2.19. The van der Waals surface area contributed by atoms with Crippen LogP contribution in [0.5, 0.6) is 0 Å². The van der Waals surface area contributed by atoms with Crippen LogP contribution >= 0.6 is 0 Å². The molecule has 0 nitrogen and oxygen atoms in total. The van der Waals surface area contributed by atoms with Crippen LogP contribution < -0.4 is 0 Å². The van der Waals surface area contributed by atoms with Crippen molar-refractivity contribution in [1.82, 2.24) is 0 Å². The summed E-state index contributed by atoms with van der Waals surface area (Å²) in [5.74, 6) is 0. The van der Waals surface area contributed by atoms with Gasteiger partial charge in [0, 0.05) is 0 Å². The van der Waals surface area contributed by atoms with Gasteiger partial charge in [0.05, 0.1) is 0 Å². The summed E-state index contributed by atoms with van der Waals surface area (Å²) >= 11 is 0. The SMILES string of the molecule is C=Cc1ccc(C)c(C(=C)CCC)c1. The first-order valence-corrected chi connectivity index (χ1v) is 5.10. The van der Waals surface area contributed by atoms with Gasteiger partial charge in [-0.15, -0.1) is 0 Å². The second kappa shape index (κ2) is 4.80. The van der Waals surface area contributed by atoms with Crippen molar-refractivity contribution in [2.45, 2.75) is 26.7 Å². The summed E-state index contributed by atoms with van der Waals surface area (Å²) in [5.41, 5.74) is 4.98. The zero-order valence-corrected chi connectivity index (χ0v) is 9.14. The molecule has 0 aliphatic heterocycles. The first-order valence-electron chi connectivity index (χ1n) is 5.10. The molecule has 1 aromatic rings. The molecule has 0 heteroatoms. The van der Waals surface area contributed by atoms with Crippen molar-refractivity contribution in [2.75, 3.05) is 0 Å². The molecule has 14 heavy (non-hydrogen) atoms. The predicted molar refractivity (Wildman–Crippen MR) is 65.2 cm³/mol. The van der Waals surface area contributed by atoms with E-state index < -0.39 is 0 Å². The van der Waals surface area contributed by atoms with Gasteiger partial charge >= 0.3 is 0 Å². The van der Waals surface area contributed by atoms with Crippen LogP contribution in [0.25, 0.3) is 11.6 Å². The van der Waals surface area contributed by atoms with E-state index in [2.05, 4.69) is 45.2 Å². The first-order chi connectivity index (χ1) is 6.69. The van der Waals surface area contributed by atoms with Crippen LogP contribution in [0.4, 0.5) is 0 Å². The monoisotopic (exact) mass is 186 g/mol. The number of benzene rings is 1. The topological polar surface area (TPSA) is 0 Å². The summed E-state index contributed by atoms with van der Waals surface area (Å²) in [6.45, 7) is 12.2. The first kappa shape index (κ1) is 10.8. The molecule has 0 fully saturated rings. The van der Waals surface area contributed by atoms with Gasteiger partial charge in [0.1, 0.15) is 0 Å². The van der Waals surface area contributed by atoms with Gasteiger partial charge in [-0.25, -0.2) is 0 Å². The molecule has 0 saturated heterocycles. The highest BCUT2D eigenvalue weighted by atomic mass is 14.1. The van der Waals surface area contributed by atoms with Crippen molar-refractivity contribution >= 4 is 11.6 Å². The Labute approximate surface area is 87.0 Å². The molecule has 0 aliphatic rings. The molecule has 1 rings (SSSR count). The molecule has 0 heterocycles. The lowest BCUT2D eigenvalue weighted by atomic mass is 9.96. The van der Waals surface area contributed by atoms with Crippen LogP contribution in [0.2, 0.25) is 0 Å². The normalized spacial score (nSPS) is 9.86. The predicted octanol–water partition coefficient (Wildman–Crippen LogP) is 4.45. The average molecular weight is 186 g/mol. The second-order valence-corrected chi connectivity index (χ2v) is 3.63. The van der Waals surface area contributed by atoms with Crippen molar-refractivity contribution in [2.24, 2.45) is 0 Å². The zero-order chi connectivity index (χ0) is 10.6. The Bertz CT molecular complexity index is 345. The fourth-order valence-corrected chi connectivity index (χ4v) is 1.58. The van der Waals surface area contributed by atoms with Gasteiger partial charge < -0.3 is 0 Å². The van der Waals surface area contributed by atoms with E-state index >= 15 is 0 Å². The highest BCUT2D eigenvalue weighted by Crippen LogP contribution is 2.23. The van der Waals surface area contributed by atoms with Crippen molar-refractivity contribution in [3.05, 3.63) is 48.0 Å². The van der Waals surface area contributed by atoms with E-state index in [-0.39, 0.29) is 0 Å². The van der Waals surface area contributed by atoms with E-state index in [0.717, 1.165) is 12.8 Å². The lowest BCUT2D eigenvalue weighted by molar-refractivity contribution is 0.973. The number of aryl methyl sites for hydroxylation is 1. The van der Waals surface area contributed by atoms with Crippen LogP contribution in [-0.4, -0.2) is 0 Å². The van der Waals surface area contributed by atoms with E-state index in [0.29, 0.717) is 0 Å². The number of rotatable bonds is 4. The van der Waals surface area contributed by atoms with Crippen LogP contribution in [0.1, 0.15) is 36.5 Å². The standard InChI is InChI=1S/C14H18/c1-5-7-11(3)14-10-13(6-2)9-8-12(14)4/h6,8-10H,2-3,5,7H2,1,4H3. The van der Waals surface area contributed by atoms with Gasteiger partial charge in [0.15, 0.2) is 0 Å². The minimum absolute atomic E-state index is 1.07. The van der Waals surface area contributed by atoms with Crippen LogP contribution in [-0.2, 0) is 0 Å². The summed E-state index contributed by atoms with van der Waals surface area (Å²) < 4.78 is 0. The van der Waals surface area contributed by atoms with Crippen molar-refractivity contribution in [3.8, 4) is 0 Å². The Hall–Kier alpha value is -1.30. The van der Waals surface area contributed by atoms with Crippen molar-refractivity contribution < 1.29 is 0 Å². The molecular formula is C14H18. The maximum atomic E-state index is 4.12. The lowest BCUT2D eigenvalue weighted by Crippen LogP contribution is -1.88. The minimum Gasteiger partial charge on any atom is -0.0985 e. The smallest absolute Gasteiger partial charge is 0.0195 e. The van der Waals surface area contributed by atoms with E-state index in [1.807, 2.05) is 6.08 Å². The van der Waals surface area contributed by atoms with E-state index in [1.54, 1.807) is 0 Å². The molecule has 0 N–H and O–H groups in total. The Morgan fingerprint density at radius 2 is 2.14 bits per heavy atom. The van der Waals surface area contributed by atoms with Gasteiger partial charge in [0.25, 0.3) is 0 Å². The van der Waals surface area contributed by atoms with Gasteiger partial charge in [-0.05, 0) is 41.7 Å². The quantitative estimate of drug-likeness (QED) is 0.651. The summed E-state index contributed by atoms with van der Waals surface area (Å²) in [6.07, 6.45) is 4.10. The van der Waals surface area contributed by atoms with E-state index in [1.165, 1.54) is 22.3 Å². The molecule has 0 amide bonds. The third kappa shape index (κ3) is 2.35. The molecule has 0 atom stereocenters. The highest BCUT2D eigenvalue weighted by molar-refractivity contribution is 5.68. The summed E-state index contributed by atoms with van der Waals surface area (Å²) in [4.78, 5) is 0. The van der Waals surface area contributed by atoms with Crippen LogP contribution in [0, 0.1) is 6.92 Å². The lowest BCUT2D eigenvalue weighted by Gasteiger charge is -2.09. The fraction of sp³-hybridized carbons (Fsp3) is 0.286. The van der Waals surface area contributed by atoms with Crippen molar-refractivity contribution in [1.29, 1.82) is 0 Å². The summed E-state index contributed by atoms with van der Waals surface area (Å²) in [7, 11) is 0. The molecule has 0 aromatic heterocycles. The second-order valence-electron chi connectivity index (χ2n) is 3.63. The van der Waals surface area contributed by atoms with E-state index in [9.17, 15) is 0 Å². The molecule has 0 aliphatic carbocycles. The van der Waals surface area contributed by atoms with Crippen molar-refractivity contribution in [3.63, 3.8) is 0 Å². The zero-order valence-electron chi connectivity index (χ0n) is 9.14. The molecule has 74 valence electrons. The third-order valence-corrected chi connectivity index (χ3v) is 2.43. The van der Waals surface area contributed by atoms with Gasteiger partial charge in [0.2, 0.25) is 0 Å². The fourth-order valence-electron chi connectivity index (χ4n) is 1.58. The molecule has 0 unspecified atom stereocenters. The Balaban J connectivity index is 3.05. The molecular weight excluding hydrogens is 168 g/mol. The van der Waals surface area contributed by atoms with Gasteiger partial charge in [-0.3, -0.25) is 0 Å². The van der Waals surface area contributed by atoms with Gasteiger partial charge in [-0.2, -0.15) is 0 Å². The number of hydrogen-bond acceptors (Lipinski definition) is 0. The molecule has 0 spiro atoms. The van der Waals surface area contributed by atoms with Crippen LogP contribution in [0.3, 0.4) is 0 Å². The Morgan fingerprint density at radius 1 is 1.43 bits per heavy atom. The molecule has 0 bridgehead atoms. The van der Waals surface area contributed by atoms with Gasteiger partial charge in [-0.1, -0.05) is 44.7 Å². The van der Waals surface area contributed by atoms with E-state index in [4.69, 9.17) is 0 Å². The maximum absolute atomic E-state index is 4.12.